The number of para-hydroxylation sites is 1. The first-order chi connectivity index (χ1) is 16.0. The fraction of sp³-hybridized carbons (Fsp3) is 0.167. The standard InChI is InChI=1S/C24H24N4O5/c1-3-32-23-14-19(15-25-27-24(29)26-21-7-5-4-6-17(21)2)10-13-22(23)33-16-18-8-11-20(12-9-18)28(30)31/h4-15H,3,16H2,1-2H3,(H2,26,27,29). The first-order valence-electron chi connectivity index (χ1n) is 10.2. The van der Waals surface area contributed by atoms with E-state index in [4.69, 9.17) is 9.47 Å². The number of nitrogens with one attached hydrogen (secondary N) is 2. The number of non-ortho nitro benzene ring substituents is 1. The Morgan fingerprint density at radius 2 is 1.82 bits per heavy atom. The van der Waals surface area contributed by atoms with Gasteiger partial charge in [-0.3, -0.25) is 10.1 Å². The molecule has 3 rings (SSSR count). The first-order valence-corrected chi connectivity index (χ1v) is 10.2. The van der Waals surface area contributed by atoms with E-state index in [0.29, 0.717) is 29.4 Å². The molecule has 0 atom stereocenters. The van der Waals surface area contributed by atoms with Gasteiger partial charge in [0.2, 0.25) is 0 Å². The first kappa shape index (κ1) is 23.3. The van der Waals surface area contributed by atoms with E-state index in [9.17, 15) is 14.9 Å². The lowest BCUT2D eigenvalue weighted by Gasteiger charge is -2.12. The molecule has 2 N–H and O–H groups in total. The van der Waals surface area contributed by atoms with Gasteiger partial charge in [0.1, 0.15) is 6.61 Å². The summed E-state index contributed by atoms with van der Waals surface area (Å²) in [5.41, 5.74) is 5.61. The molecule has 0 saturated heterocycles. The zero-order chi connectivity index (χ0) is 23.6. The Hall–Kier alpha value is -4.40. The Balaban J connectivity index is 1.60. The van der Waals surface area contributed by atoms with Crippen LogP contribution in [0.1, 0.15) is 23.6 Å². The highest BCUT2D eigenvalue weighted by Crippen LogP contribution is 2.29. The Labute approximate surface area is 191 Å². The van der Waals surface area contributed by atoms with Crippen LogP contribution in [0.3, 0.4) is 0 Å². The van der Waals surface area contributed by atoms with E-state index in [1.807, 2.05) is 38.1 Å². The van der Waals surface area contributed by atoms with Crippen molar-refractivity contribution < 1.29 is 19.2 Å². The van der Waals surface area contributed by atoms with Gasteiger partial charge in [-0.1, -0.05) is 18.2 Å². The van der Waals surface area contributed by atoms with Crippen molar-refractivity contribution in [1.29, 1.82) is 0 Å². The number of urea groups is 1. The van der Waals surface area contributed by atoms with Gasteiger partial charge in [-0.25, -0.2) is 10.2 Å². The second kappa shape index (κ2) is 11.3. The maximum atomic E-state index is 12.0. The number of anilines is 1. The molecule has 0 aromatic heterocycles. The molecular weight excluding hydrogens is 424 g/mol. The smallest absolute Gasteiger partial charge is 0.339 e. The topological polar surface area (TPSA) is 115 Å². The highest BCUT2D eigenvalue weighted by atomic mass is 16.6. The van der Waals surface area contributed by atoms with Crippen LogP contribution >= 0.6 is 0 Å². The van der Waals surface area contributed by atoms with Crippen molar-refractivity contribution in [3.63, 3.8) is 0 Å². The highest BCUT2D eigenvalue weighted by Gasteiger charge is 2.09. The number of nitro benzene ring substituents is 1. The molecule has 0 aliphatic rings. The molecule has 0 bridgehead atoms. The van der Waals surface area contributed by atoms with Gasteiger partial charge in [0.25, 0.3) is 5.69 Å². The van der Waals surface area contributed by atoms with Gasteiger partial charge < -0.3 is 14.8 Å². The summed E-state index contributed by atoms with van der Waals surface area (Å²) in [6, 6.07) is 18.4. The van der Waals surface area contributed by atoms with Crippen molar-refractivity contribution in [2.75, 3.05) is 11.9 Å². The molecule has 0 unspecified atom stereocenters. The van der Waals surface area contributed by atoms with E-state index in [-0.39, 0.29) is 12.3 Å². The van der Waals surface area contributed by atoms with Crippen LogP contribution < -0.4 is 20.2 Å². The molecule has 3 aromatic carbocycles. The van der Waals surface area contributed by atoms with Crippen LogP contribution in [0.25, 0.3) is 0 Å². The van der Waals surface area contributed by atoms with Gasteiger partial charge in [-0.05, 0) is 66.9 Å². The fourth-order valence-corrected chi connectivity index (χ4v) is 2.90. The summed E-state index contributed by atoms with van der Waals surface area (Å²) in [6.45, 7) is 4.43. The average Bonchev–Trinajstić information content (AvgIpc) is 2.80. The zero-order valence-corrected chi connectivity index (χ0v) is 18.3. The minimum Gasteiger partial charge on any atom is -0.490 e. The molecule has 0 saturated carbocycles. The van der Waals surface area contributed by atoms with Crippen LogP contribution in [0.15, 0.2) is 71.8 Å². The van der Waals surface area contributed by atoms with Crippen LogP contribution in [0, 0.1) is 17.0 Å². The number of carbonyl (C=O) groups is 1. The molecule has 9 nitrogen and oxygen atoms in total. The molecule has 3 aromatic rings. The second-order valence-corrected chi connectivity index (χ2v) is 6.99. The Bertz CT molecular complexity index is 1150. The van der Waals surface area contributed by atoms with Crippen molar-refractivity contribution in [3.8, 4) is 11.5 Å². The third-order valence-electron chi connectivity index (χ3n) is 4.58. The van der Waals surface area contributed by atoms with E-state index in [1.54, 1.807) is 30.3 Å². The van der Waals surface area contributed by atoms with Crippen molar-refractivity contribution >= 4 is 23.6 Å². The number of rotatable bonds is 9. The average molecular weight is 448 g/mol. The van der Waals surface area contributed by atoms with Crippen LogP contribution in [0.5, 0.6) is 11.5 Å². The van der Waals surface area contributed by atoms with Gasteiger partial charge in [0, 0.05) is 17.8 Å². The van der Waals surface area contributed by atoms with E-state index < -0.39 is 11.0 Å². The minimum absolute atomic E-state index is 0.0265. The van der Waals surface area contributed by atoms with Crippen molar-refractivity contribution in [3.05, 3.63) is 93.5 Å². The normalized spacial score (nSPS) is 10.6. The van der Waals surface area contributed by atoms with Gasteiger partial charge in [-0.15, -0.1) is 0 Å². The molecule has 33 heavy (non-hydrogen) atoms. The highest BCUT2D eigenvalue weighted by molar-refractivity contribution is 5.91. The molecule has 0 aliphatic carbocycles. The molecular formula is C24H24N4O5. The van der Waals surface area contributed by atoms with Crippen LogP contribution in [0.2, 0.25) is 0 Å². The Morgan fingerprint density at radius 3 is 2.52 bits per heavy atom. The number of nitro groups is 1. The number of hydrogen-bond donors (Lipinski definition) is 2. The monoisotopic (exact) mass is 448 g/mol. The molecule has 0 spiro atoms. The lowest BCUT2D eigenvalue weighted by Crippen LogP contribution is -2.24. The number of hydrazone groups is 1. The van der Waals surface area contributed by atoms with E-state index in [2.05, 4.69) is 15.8 Å². The number of hydrogen-bond acceptors (Lipinski definition) is 6. The third kappa shape index (κ3) is 6.79. The molecule has 9 heteroatoms. The summed E-state index contributed by atoms with van der Waals surface area (Å²) in [4.78, 5) is 22.4. The third-order valence-corrected chi connectivity index (χ3v) is 4.58. The van der Waals surface area contributed by atoms with Gasteiger partial charge in [0.15, 0.2) is 11.5 Å². The summed E-state index contributed by atoms with van der Waals surface area (Å²) < 4.78 is 11.5. The van der Waals surface area contributed by atoms with Crippen LogP contribution in [-0.2, 0) is 6.61 Å². The van der Waals surface area contributed by atoms with Gasteiger partial charge in [-0.2, -0.15) is 5.10 Å². The van der Waals surface area contributed by atoms with E-state index in [1.165, 1.54) is 18.3 Å². The predicted molar refractivity (Wildman–Crippen MR) is 126 cm³/mol. The van der Waals surface area contributed by atoms with E-state index in [0.717, 1.165) is 11.1 Å². The molecule has 0 heterocycles. The Kier molecular flexibility index (Phi) is 7.96. The molecule has 2 amide bonds. The maximum Gasteiger partial charge on any atom is 0.339 e. The number of nitrogens with zero attached hydrogens (tertiary/aromatic N) is 2. The summed E-state index contributed by atoms with van der Waals surface area (Å²) >= 11 is 0. The summed E-state index contributed by atoms with van der Waals surface area (Å²) in [5, 5.41) is 17.5. The summed E-state index contributed by atoms with van der Waals surface area (Å²) in [5.74, 6) is 1.05. The summed E-state index contributed by atoms with van der Waals surface area (Å²) in [7, 11) is 0. The molecule has 0 aliphatic heterocycles. The number of benzene rings is 3. The summed E-state index contributed by atoms with van der Waals surface area (Å²) in [6.07, 6.45) is 1.50. The predicted octanol–water partition coefficient (Wildman–Crippen LogP) is 5.04. The lowest BCUT2D eigenvalue weighted by atomic mass is 10.2. The van der Waals surface area contributed by atoms with E-state index >= 15 is 0 Å². The molecule has 0 fully saturated rings. The zero-order valence-electron chi connectivity index (χ0n) is 18.3. The SMILES string of the molecule is CCOc1cc(C=NNC(=O)Nc2ccccc2C)ccc1OCc1ccc([N+](=O)[O-])cc1. The van der Waals surface area contributed by atoms with Gasteiger partial charge >= 0.3 is 6.03 Å². The Morgan fingerprint density at radius 1 is 1.06 bits per heavy atom. The van der Waals surface area contributed by atoms with Crippen molar-refractivity contribution in [1.82, 2.24) is 5.43 Å². The number of carbonyl (C=O) groups excluding carboxylic acids is 1. The van der Waals surface area contributed by atoms with Crippen molar-refractivity contribution in [2.45, 2.75) is 20.5 Å². The maximum absolute atomic E-state index is 12.0. The second-order valence-electron chi connectivity index (χ2n) is 6.99. The van der Waals surface area contributed by atoms with Crippen molar-refractivity contribution in [2.24, 2.45) is 5.10 Å². The number of aryl methyl sites for hydroxylation is 1. The van der Waals surface area contributed by atoms with Crippen LogP contribution in [-0.4, -0.2) is 23.8 Å². The molecule has 170 valence electrons. The number of amides is 2. The molecule has 0 radical (unpaired) electrons. The van der Waals surface area contributed by atoms with Gasteiger partial charge in [0.05, 0.1) is 17.7 Å². The lowest BCUT2D eigenvalue weighted by molar-refractivity contribution is -0.384. The quantitative estimate of drug-likeness (QED) is 0.270. The van der Waals surface area contributed by atoms with Crippen LogP contribution in [0.4, 0.5) is 16.2 Å². The number of ether oxygens (including phenoxy) is 2. The largest absolute Gasteiger partial charge is 0.490 e. The fourth-order valence-electron chi connectivity index (χ4n) is 2.90. The minimum atomic E-state index is -0.450.